The van der Waals surface area contributed by atoms with Crippen molar-refractivity contribution in [2.75, 3.05) is 19.7 Å². The van der Waals surface area contributed by atoms with E-state index in [-0.39, 0.29) is 18.9 Å². The van der Waals surface area contributed by atoms with Crippen molar-refractivity contribution in [3.8, 4) is 17.2 Å². The summed E-state index contributed by atoms with van der Waals surface area (Å²) in [5, 5.41) is 8.90. The fourth-order valence-corrected chi connectivity index (χ4v) is 2.14. The van der Waals surface area contributed by atoms with E-state index in [2.05, 4.69) is 0 Å². The van der Waals surface area contributed by atoms with Gasteiger partial charge in [-0.2, -0.15) is 13.2 Å². The number of carboxylic acid groups (broad SMARTS) is 1. The van der Waals surface area contributed by atoms with E-state index in [0.29, 0.717) is 18.0 Å². The Hall–Kier alpha value is -2.90. The maximum atomic E-state index is 12.7. The molecule has 0 heterocycles. The lowest BCUT2D eigenvalue weighted by Crippen LogP contribution is -2.33. The summed E-state index contributed by atoms with van der Waals surface area (Å²) >= 11 is 0. The van der Waals surface area contributed by atoms with Gasteiger partial charge < -0.3 is 19.5 Å². The molecule has 0 spiro atoms. The fraction of sp³-hybridized carbons (Fsp3) is 0.278. The van der Waals surface area contributed by atoms with Crippen LogP contribution in [-0.2, 0) is 6.18 Å². The van der Waals surface area contributed by atoms with E-state index in [1.807, 2.05) is 0 Å². The van der Waals surface area contributed by atoms with E-state index in [1.165, 1.54) is 17.0 Å². The zero-order valence-corrected chi connectivity index (χ0v) is 14.0. The first-order valence-corrected chi connectivity index (χ1v) is 7.85. The zero-order chi connectivity index (χ0) is 19.2. The molecule has 5 nitrogen and oxygen atoms in total. The van der Waals surface area contributed by atoms with Gasteiger partial charge in [0, 0.05) is 6.54 Å². The Morgan fingerprint density at radius 2 is 1.73 bits per heavy atom. The molecule has 2 aromatic carbocycles. The van der Waals surface area contributed by atoms with Crippen LogP contribution in [0.5, 0.6) is 17.2 Å². The molecule has 8 heteroatoms. The van der Waals surface area contributed by atoms with Gasteiger partial charge in [-0.3, -0.25) is 0 Å². The summed E-state index contributed by atoms with van der Waals surface area (Å²) in [5.74, 6) is 0.939. The second-order valence-corrected chi connectivity index (χ2v) is 5.31. The molecule has 0 fully saturated rings. The molecular formula is C18H18F3NO4. The maximum Gasteiger partial charge on any atom is 0.416 e. The summed E-state index contributed by atoms with van der Waals surface area (Å²) in [7, 11) is 0. The molecule has 0 bridgehead atoms. The SMILES string of the molecule is CCN(CCOc1ccc(Oc2cccc(C(F)(F)F)c2)cc1)C(=O)O. The van der Waals surface area contributed by atoms with Gasteiger partial charge in [0.05, 0.1) is 12.1 Å². The van der Waals surface area contributed by atoms with Crippen LogP contribution in [0.25, 0.3) is 0 Å². The number of ether oxygens (including phenoxy) is 2. The molecule has 2 rings (SSSR count). The molecular weight excluding hydrogens is 351 g/mol. The van der Waals surface area contributed by atoms with Crippen LogP contribution in [0.1, 0.15) is 12.5 Å². The van der Waals surface area contributed by atoms with Gasteiger partial charge >= 0.3 is 12.3 Å². The number of carbonyl (C=O) groups is 1. The van der Waals surface area contributed by atoms with E-state index in [0.717, 1.165) is 12.1 Å². The van der Waals surface area contributed by atoms with E-state index in [4.69, 9.17) is 14.6 Å². The van der Waals surface area contributed by atoms with Gasteiger partial charge in [-0.05, 0) is 49.4 Å². The first kappa shape index (κ1) is 19.4. The highest BCUT2D eigenvalue weighted by Crippen LogP contribution is 2.32. The van der Waals surface area contributed by atoms with Gasteiger partial charge in [-0.25, -0.2) is 4.79 Å². The summed E-state index contributed by atoms with van der Waals surface area (Å²) in [4.78, 5) is 12.1. The molecule has 1 N–H and O–H groups in total. The van der Waals surface area contributed by atoms with Crippen LogP contribution < -0.4 is 9.47 Å². The lowest BCUT2D eigenvalue weighted by atomic mass is 10.2. The zero-order valence-electron chi connectivity index (χ0n) is 14.0. The van der Waals surface area contributed by atoms with E-state index in [1.54, 1.807) is 31.2 Å². The largest absolute Gasteiger partial charge is 0.492 e. The molecule has 0 atom stereocenters. The first-order valence-electron chi connectivity index (χ1n) is 7.85. The number of rotatable bonds is 7. The minimum absolute atomic E-state index is 0.0774. The third-order valence-corrected chi connectivity index (χ3v) is 3.50. The minimum atomic E-state index is -4.43. The van der Waals surface area contributed by atoms with Gasteiger partial charge in [0.2, 0.25) is 0 Å². The normalized spacial score (nSPS) is 11.1. The molecule has 0 unspecified atom stereocenters. The summed E-state index contributed by atoms with van der Waals surface area (Å²) in [6, 6.07) is 10.9. The third-order valence-electron chi connectivity index (χ3n) is 3.50. The van der Waals surface area contributed by atoms with Crippen molar-refractivity contribution in [1.82, 2.24) is 4.90 Å². The molecule has 0 aliphatic carbocycles. The Balaban J connectivity index is 1.92. The molecule has 0 saturated carbocycles. The van der Waals surface area contributed by atoms with Crippen LogP contribution in [0.3, 0.4) is 0 Å². The number of hydrogen-bond acceptors (Lipinski definition) is 3. The van der Waals surface area contributed by atoms with Crippen LogP contribution in [0.2, 0.25) is 0 Å². The van der Waals surface area contributed by atoms with Crippen molar-refractivity contribution in [1.29, 1.82) is 0 Å². The molecule has 0 aliphatic rings. The Morgan fingerprint density at radius 3 is 2.31 bits per heavy atom. The van der Waals surface area contributed by atoms with Gasteiger partial charge in [-0.15, -0.1) is 0 Å². The molecule has 0 aliphatic heterocycles. The lowest BCUT2D eigenvalue weighted by molar-refractivity contribution is -0.137. The van der Waals surface area contributed by atoms with Crippen LogP contribution in [0, 0.1) is 0 Å². The van der Waals surface area contributed by atoms with Crippen LogP contribution >= 0.6 is 0 Å². The third kappa shape index (κ3) is 5.58. The Labute approximate surface area is 148 Å². The van der Waals surface area contributed by atoms with Gasteiger partial charge in [-0.1, -0.05) is 6.07 Å². The van der Waals surface area contributed by atoms with Crippen molar-refractivity contribution in [2.45, 2.75) is 13.1 Å². The molecule has 1 amide bonds. The number of amides is 1. The van der Waals surface area contributed by atoms with Crippen LogP contribution in [0.4, 0.5) is 18.0 Å². The van der Waals surface area contributed by atoms with Crippen LogP contribution in [0.15, 0.2) is 48.5 Å². The van der Waals surface area contributed by atoms with E-state index in [9.17, 15) is 18.0 Å². The topological polar surface area (TPSA) is 59.0 Å². The number of alkyl halides is 3. The monoisotopic (exact) mass is 369 g/mol. The second-order valence-electron chi connectivity index (χ2n) is 5.31. The molecule has 2 aromatic rings. The standard InChI is InChI=1S/C18H18F3NO4/c1-2-22(17(23)24)10-11-25-14-6-8-15(9-7-14)26-16-5-3-4-13(12-16)18(19,20)21/h3-9,12H,2,10-11H2,1H3,(H,23,24). The predicted molar refractivity (Wildman–Crippen MR) is 88.7 cm³/mol. The maximum absolute atomic E-state index is 12.7. The smallest absolute Gasteiger partial charge is 0.416 e. The molecule has 26 heavy (non-hydrogen) atoms. The molecule has 0 radical (unpaired) electrons. The average molecular weight is 369 g/mol. The van der Waals surface area contributed by atoms with Crippen LogP contribution in [-0.4, -0.2) is 35.8 Å². The highest BCUT2D eigenvalue weighted by Gasteiger charge is 2.30. The number of nitrogens with zero attached hydrogens (tertiary/aromatic N) is 1. The molecule has 0 saturated heterocycles. The van der Waals surface area contributed by atoms with E-state index < -0.39 is 17.8 Å². The number of benzene rings is 2. The number of hydrogen-bond donors (Lipinski definition) is 1. The number of halogens is 3. The highest BCUT2D eigenvalue weighted by atomic mass is 19.4. The summed E-state index contributed by atoms with van der Waals surface area (Å²) < 4.78 is 49.0. The van der Waals surface area contributed by atoms with Gasteiger partial charge in [0.1, 0.15) is 23.9 Å². The van der Waals surface area contributed by atoms with Crippen molar-refractivity contribution in [3.63, 3.8) is 0 Å². The summed E-state index contributed by atoms with van der Waals surface area (Å²) in [6.07, 6.45) is -5.44. The summed E-state index contributed by atoms with van der Waals surface area (Å²) in [5.41, 5.74) is -0.783. The average Bonchev–Trinajstić information content (AvgIpc) is 2.59. The van der Waals surface area contributed by atoms with Crippen molar-refractivity contribution in [3.05, 3.63) is 54.1 Å². The predicted octanol–water partition coefficient (Wildman–Crippen LogP) is 4.88. The Bertz CT molecular complexity index is 732. The van der Waals surface area contributed by atoms with Crippen molar-refractivity contribution in [2.24, 2.45) is 0 Å². The Kier molecular flexibility index (Phi) is 6.32. The first-order chi connectivity index (χ1) is 12.3. The van der Waals surface area contributed by atoms with Crippen molar-refractivity contribution < 1.29 is 32.5 Å². The van der Waals surface area contributed by atoms with Crippen molar-refractivity contribution >= 4 is 6.09 Å². The fourth-order valence-electron chi connectivity index (χ4n) is 2.14. The minimum Gasteiger partial charge on any atom is -0.492 e. The summed E-state index contributed by atoms with van der Waals surface area (Å²) in [6.45, 7) is 2.51. The van der Waals surface area contributed by atoms with E-state index >= 15 is 0 Å². The quantitative estimate of drug-likeness (QED) is 0.756. The molecule has 0 aromatic heterocycles. The lowest BCUT2D eigenvalue weighted by Gasteiger charge is -2.17. The Morgan fingerprint density at radius 1 is 1.08 bits per heavy atom. The van der Waals surface area contributed by atoms with Gasteiger partial charge in [0.15, 0.2) is 0 Å². The second kappa shape index (κ2) is 8.46. The van der Waals surface area contributed by atoms with Gasteiger partial charge in [0.25, 0.3) is 0 Å². The molecule has 140 valence electrons. The number of likely N-dealkylation sites (N-methyl/N-ethyl adjacent to an activating group) is 1. The highest BCUT2D eigenvalue weighted by molar-refractivity contribution is 5.64.